The minimum atomic E-state index is -0.590. The fraction of sp³-hybridized carbons (Fsp3) is 0.0909. The maximum Gasteiger partial charge on any atom is 0.343 e. The molecule has 8 heteroatoms. The molecule has 2 N–H and O–H groups in total. The molecule has 2 rings (SSSR count). The van der Waals surface area contributed by atoms with Gasteiger partial charge in [0.15, 0.2) is 5.03 Å². The van der Waals surface area contributed by atoms with Gasteiger partial charge < -0.3 is 10.5 Å². The molecule has 0 saturated heterocycles. The lowest BCUT2D eigenvalue weighted by Crippen LogP contribution is -2.01. The van der Waals surface area contributed by atoms with Crippen molar-refractivity contribution in [3.05, 3.63) is 40.7 Å². The molecule has 1 aromatic carbocycles. The molecule has 0 saturated carbocycles. The summed E-state index contributed by atoms with van der Waals surface area (Å²) in [4.78, 5) is 18.6. The van der Waals surface area contributed by atoms with Gasteiger partial charge in [-0.15, -0.1) is 0 Å². The summed E-state index contributed by atoms with van der Waals surface area (Å²) in [5, 5.41) is 11.2. The van der Waals surface area contributed by atoms with Crippen LogP contribution in [-0.4, -0.2) is 22.0 Å². The summed E-state index contributed by atoms with van der Waals surface area (Å²) in [5.41, 5.74) is 5.22. The van der Waals surface area contributed by atoms with Gasteiger partial charge in [0.25, 0.3) is 0 Å². The standard InChI is InChI=1S/C11H10N4O3S/c1-18-7-4-2-3-5-8(7)19-11-9(15(16)17)10(12)13-6-14-11/h2-6H,1H3,(H2,12,13,14). The Morgan fingerprint density at radius 1 is 1.37 bits per heavy atom. The molecule has 0 amide bonds. The zero-order chi connectivity index (χ0) is 13.8. The summed E-state index contributed by atoms with van der Waals surface area (Å²) >= 11 is 1.11. The van der Waals surface area contributed by atoms with Gasteiger partial charge in [0.1, 0.15) is 12.1 Å². The van der Waals surface area contributed by atoms with Crippen LogP contribution in [0.3, 0.4) is 0 Å². The number of para-hydroxylation sites is 1. The van der Waals surface area contributed by atoms with Crippen LogP contribution in [-0.2, 0) is 0 Å². The Balaban J connectivity index is 2.44. The summed E-state index contributed by atoms with van der Waals surface area (Å²) in [6.45, 7) is 0. The van der Waals surface area contributed by atoms with Gasteiger partial charge in [-0.1, -0.05) is 23.9 Å². The van der Waals surface area contributed by atoms with E-state index in [4.69, 9.17) is 10.5 Å². The number of ether oxygens (including phenoxy) is 1. The van der Waals surface area contributed by atoms with E-state index in [9.17, 15) is 10.1 Å². The number of anilines is 1. The normalized spacial score (nSPS) is 10.2. The lowest BCUT2D eigenvalue weighted by Gasteiger charge is -2.07. The highest BCUT2D eigenvalue weighted by Crippen LogP contribution is 2.39. The van der Waals surface area contributed by atoms with Crippen molar-refractivity contribution >= 4 is 23.3 Å². The monoisotopic (exact) mass is 278 g/mol. The minimum absolute atomic E-state index is 0.155. The maximum atomic E-state index is 11.0. The Hall–Kier alpha value is -2.35. The van der Waals surface area contributed by atoms with Gasteiger partial charge in [0, 0.05) is 0 Å². The fourth-order valence-electron chi connectivity index (χ4n) is 1.43. The molecule has 0 atom stereocenters. The number of nitrogens with two attached hydrogens (primary N) is 1. The van der Waals surface area contributed by atoms with Crippen molar-refractivity contribution in [2.75, 3.05) is 12.8 Å². The Labute approximate surface area is 113 Å². The van der Waals surface area contributed by atoms with Crippen molar-refractivity contribution in [2.45, 2.75) is 9.92 Å². The molecule has 0 bridgehead atoms. The summed E-state index contributed by atoms with van der Waals surface area (Å²) < 4.78 is 5.18. The molecule has 1 heterocycles. The van der Waals surface area contributed by atoms with Gasteiger partial charge in [0.05, 0.1) is 16.9 Å². The second kappa shape index (κ2) is 5.53. The minimum Gasteiger partial charge on any atom is -0.496 e. The Morgan fingerprint density at radius 3 is 2.79 bits per heavy atom. The van der Waals surface area contributed by atoms with Crippen molar-refractivity contribution < 1.29 is 9.66 Å². The average molecular weight is 278 g/mol. The number of rotatable bonds is 4. The predicted molar refractivity (Wildman–Crippen MR) is 70.2 cm³/mol. The van der Waals surface area contributed by atoms with Crippen molar-refractivity contribution in [3.8, 4) is 5.75 Å². The zero-order valence-corrected chi connectivity index (χ0v) is 10.8. The van der Waals surface area contributed by atoms with Gasteiger partial charge in [0.2, 0.25) is 5.82 Å². The van der Waals surface area contributed by atoms with E-state index < -0.39 is 4.92 Å². The number of hydrogen-bond donors (Lipinski definition) is 1. The van der Waals surface area contributed by atoms with Gasteiger partial charge in [-0.25, -0.2) is 9.97 Å². The number of hydrogen-bond acceptors (Lipinski definition) is 7. The first kappa shape index (κ1) is 13.1. The summed E-state index contributed by atoms with van der Waals surface area (Å²) in [5.74, 6) is 0.455. The van der Waals surface area contributed by atoms with E-state index in [-0.39, 0.29) is 16.5 Å². The molecule has 0 fully saturated rings. The molecule has 7 nitrogen and oxygen atoms in total. The summed E-state index contributed by atoms with van der Waals surface area (Å²) in [7, 11) is 1.53. The lowest BCUT2D eigenvalue weighted by molar-refractivity contribution is -0.387. The van der Waals surface area contributed by atoms with E-state index in [0.29, 0.717) is 10.6 Å². The molecule has 0 radical (unpaired) electrons. The highest BCUT2D eigenvalue weighted by molar-refractivity contribution is 7.99. The topological polar surface area (TPSA) is 104 Å². The SMILES string of the molecule is COc1ccccc1Sc1ncnc(N)c1[N+](=O)[O-]. The van der Waals surface area contributed by atoms with Crippen LogP contribution in [0.5, 0.6) is 5.75 Å². The van der Waals surface area contributed by atoms with Crippen LogP contribution in [0.4, 0.5) is 11.5 Å². The molecule has 0 aliphatic heterocycles. The molecule has 1 aromatic heterocycles. The first-order valence-corrected chi connectivity index (χ1v) is 6.01. The van der Waals surface area contributed by atoms with Gasteiger partial charge in [-0.2, -0.15) is 0 Å². The highest BCUT2D eigenvalue weighted by atomic mass is 32.2. The maximum absolute atomic E-state index is 11.0. The quantitative estimate of drug-likeness (QED) is 0.519. The van der Waals surface area contributed by atoms with E-state index in [0.717, 1.165) is 11.8 Å². The molecular weight excluding hydrogens is 268 g/mol. The molecule has 0 unspecified atom stereocenters. The largest absolute Gasteiger partial charge is 0.496 e. The van der Waals surface area contributed by atoms with Crippen molar-refractivity contribution in [1.82, 2.24) is 9.97 Å². The molecule has 19 heavy (non-hydrogen) atoms. The smallest absolute Gasteiger partial charge is 0.343 e. The third kappa shape index (κ3) is 2.74. The number of nitrogen functional groups attached to an aromatic ring is 1. The van der Waals surface area contributed by atoms with Crippen LogP contribution < -0.4 is 10.5 Å². The van der Waals surface area contributed by atoms with E-state index in [1.807, 2.05) is 6.07 Å². The van der Waals surface area contributed by atoms with E-state index in [2.05, 4.69) is 9.97 Å². The van der Waals surface area contributed by atoms with Crippen molar-refractivity contribution in [3.63, 3.8) is 0 Å². The van der Waals surface area contributed by atoms with Crippen LogP contribution in [0, 0.1) is 10.1 Å². The first-order chi connectivity index (χ1) is 9.13. The van der Waals surface area contributed by atoms with Gasteiger partial charge >= 0.3 is 5.69 Å². The predicted octanol–water partition coefficient (Wildman–Crippen LogP) is 2.13. The van der Waals surface area contributed by atoms with Gasteiger partial charge in [-0.05, 0) is 12.1 Å². The molecule has 0 aliphatic carbocycles. The molecular formula is C11H10N4O3S. The van der Waals surface area contributed by atoms with Crippen LogP contribution in [0.2, 0.25) is 0 Å². The highest BCUT2D eigenvalue weighted by Gasteiger charge is 2.22. The molecule has 0 spiro atoms. The van der Waals surface area contributed by atoms with E-state index in [1.54, 1.807) is 18.2 Å². The lowest BCUT2D eigenvalue weighted by atomic mass is 10.3. The number of aromatic nitrogens is 2. The average Bonchev–Trinajstić information content (AvgIpc) is 2.39. The van der Waals surface area contributed by atoms with Crippen LogP contribution in [0.25, 0.3) is 0 Å². The van der Waals surface area contributed by atoms with Crippen LogP contribution in [0.1, 0.15) is 0 Å². The third-order valence-electron chi connectivity index (χ3n) is 2.28. The Bertz CT molecular complexity index is 621. The van der Waals surface area contributed by atoms with Crippen LogP contribution >= 0.6 is 11.8 Å². The number of nitrogens with zero attached hydrogens (tertiary/aromatic N) is 3. The molecule has 2 aromatic rings. The molecule has 98 valence electrons. The van der Waals surface area contributed by atoms with Crippen molar-refractivity contribution in [2.24, 2.45) is 0 Å². The second-order valence-electron chi connectivity index (χ2n) is 3.42. The summed E-state index contributed by atoms with van der Waals surface area (Å²) in [6.07, 6.45) is 1.19. The number of methoxy groups -OCH3 is 1. The number of benzene rings is 1. The second-order valence-corrected chi connectivity index (χ2v) is 4.45. The van der Waals surface area contributed by atoms with E-state index >= 15 is 0 Å². The molecule has 0 aliphatic rings. The number of nitro groups is 1. The zero-order valence-electron chi connectivity index (χ0n) is 9.94. The third-order valence-corrected chi connectivity index (χ3v) is 3.32. The first-order valence-electron chi connectivity index (χ1n) is 5.19. The fourth-order valence-corrected chi connectivity index (χ4v) is 2.41. The Kier molecular flexibility index (Phi) is 3.81. The van der Waals surface area contributed by atoms with Gasteiger partial charge in [-0.3, -0.25) is 10.1 Å². The van der Waals surface area contributed by atoms with Crippen LogP contribution in [0.15, 0.2) is 40.5 Å². The van der Waals surface area contributed by atoms with Crippen molar-refractivity contribution in [1.29, 1.82) is 0 Å². The van der Waals surface area contributed by atoms with E-state index in [1.165, 1.54) is 13.4 Å². The summed E-state index contributed by atoms with van der Waals surface area (Å²) in [6, 6.07) is 7.16. The Morgan fingerprint density at radius 2 is 2.11 bits per heavy atom.